The predicted octanol–water partition coefficient (Wildman–Crippen LogP) is 3.19. The van der Waals surface area contributed by atoms with Crippen LogP contribution in [0.25, 0.3) is 0 Å². The third-order valence-electron chi connectivity index (χ3n) is 2.95. The van der Waals surface area contributed by atoms with Gasteiger partial charge in [-0.05, 0) is 12.8 Å². The summed E-state index contributed by atoms with van der Waals surface area (Å²) in [5.74, 6) is 0. The minimum atomic E-state index is -4.21. The van der Waals surface area contributed by atoms with Crippen molar-refractivity contribution in [1.29, 1.82) is 0 Å². The van der Waals surface area contributed by atoms with Crippen molar-refractivity contribution < 1.29 is 13.2 Å². The van der Waals surface area contributed by atoms with Gasteiger partial charge < -0.3 is 5.32 Å². The Bertz CT molecular complexity index is 353. The minimum absolute atomic E-state index is 0.382. The van der Waals surface area contributed by atoms with E-state index in [9.17, 15) is 13.2 Å². The number of halogens is 3. The number of hydrogen-bond donors (Lipinski definition) is 1. The Morgan fingerprint density at radius 3 is 2.65 bits per heavy atom. The van der Waals surface area contributed by atoms with Gasteiger partial charge in [-0.2, -0.15) is 18.3 Å². The van der Waals surface area contributed by atoms with Crippen molar-refractivity contribution in [2.45, 2.75) is 50.9 Å². The normalized spacial score (nSPS) is 18.3. The van der Waals surface area contributed by atoms with Crippen LogP contribution in [0.5, 0.6) is 0 Å². The van der Waals surface area contributed by atoms with Gasteiger partial charge >= 0.3 is 6.18 Å². The number of nitrogens with zero attached hydrogens (tertiary/aromatic N) is 2. The monoisotopic (exact) mass is 247 g/mol. The standard InChI is InChI=1S/C11H16F3N3/c12-11(13,14)8-17-7-10(6-15-17)16-9-4-2-1-3-5-9/h6-7,9,16H,1-5,8H2. The maximum Gasteiger partial charge on any atom is 0.408 e. The van der Waals surface area contributed by atoms with Crippen LogP contribution in [-0.4, -0.2) is 22.0 Å². The molecular weight excluding hydrogens is 231 g/mol. The van der Waals surface area contributed by atoms with Crippen LogP contribution in [0.2, 0.25) is 0 Å². The molecule has 96 valence electrons. The first kappa shape index (κ1) is 12.3. The highest BCUT2D eigenvalue weighted by atomic mass is 19.4. The fourth-order valence-corrected chi connectivity index (χ4v) is 2.19. The van der Waals surface area contributed by atoms with Crippen LogP contribution < -0.4 is 5.32 Å². The summed E-state index contributed by atoms with van der Waals surface area (Å²) >= 11 is 0. The Kier molecular flexibility index (Phi) is 3.59. The molecule has 0 atom stereocenters. The van der Waals surface area contributed by atoms with Gasteiger partial charge in [-0.15, -0.1) is 0 Å². The number of aromatic nitrogens is 2. The van der Waals surface area contributed by atoms with E-state index in [-0.39, 0.29) is 0 Å². The van der Waals surface area contributed by atoms with E-state index in [2.05, 4.69) is 10.4 Å². The second-order valence-corrected chi connectivity index (χ2v) is 4.52. The maximum absolute atomic E-state index is 12.1. The SMILES string of the molecule is FC(F)(F)Cn1cc(NC2CCCCC2)cn1. The van der Waals surface area contributed by atoms with E-state index in [1.54, 1.807) is 0 Å². The van der Waals surface area contributed by atoms with Crippen LogP contribution in [0.3, 0.4) is 0 Å². The van der Waals surface area contributed by atoms with Gasteiger partial charge in [0.25, 0.3) is 0 Å². The zero-order valence-electron chi connectivity index (χ0n) is 9.50. The molecule has 3 nitrogen and oxygen atoms in total. The predicted molar refractivity (Wildman–Crippen MR) is 58.8 cm³/mol. The Labute approximate surface area is 98.0 Å². The summed E-state index contributed by atoms with van der Waals surface area (Å²) in [5.41, 5.74) is 0.682. The average molecular weight is 247 g/mol. The first-order valence-electron chi connectivity index (χ1n) is 5.89. The topological polar surface area (TPSA) is 29.9 Å². The molecule has 0 aromatic carbocycles. The van der Waals surface area contributed by atoms with E-state index in [1.807, 2.05) is 0 Å². The zero-order valence-corrected chi connectivity index (χ0v) is 9.50. The summed E-state index contributed by atoms with van der Waals surface area (Å²) in [5, 5.41) is 6.94. The maximum atomic E-state index is 12.1. The Morgan fingerprint density at radius 1 is 1.29 bits per heavy atom. The van der Waals surface area contributed by atoms with E-state index in [4.69, 9.17) is 0 Å². The average Bonchev–Trinajstić information content (AvgIpc) is 2.64. The lowest BCUT2D eigenvalue weighted by atomic mass is 9.95. The third-order valence-corrected chi connectivity index (χ3v) is 2.95. The van der Waals surface area contributed by atoms with Gasteiger partial charge in [0.05, 0.1) is 11.9 Å². The summed E-state index contributed by atoms with van der Waals surface area (Å²) in [6.07, 6.45) is 4.47. The molecule has 0 saturated heterocycles. The number of hydrogen-bond acceptors (Lipinski definition) is 2. The molecule has 2 rings (SSSR count). The Hall–Kier alpha value is -1.20. The second-order valence-electron chi connectivity index (χ2n) is 4.52. The van der Waals surface area contributed by atoms with Gasteiger partial charge in [0.2, 0.25) is 0 Å². The lowest BCUT2D eigenvalue weighted by molar-refractivity contribution is -0.142. The van der Waals surface area contributed by atoms with E-state index in [0.29, 0.717) is 11.7 Å². The van der Waals surface area contributed by atoms with Crippen molar-refractivity contribution in [2.24, 2.45) is 0 Å². The van der Waals surface area contributed by atoms with Crippen LogP contribution in [0.15, 0.2) is 12.4 Å². The first-order chi connectivity index (χ1) is 8.03. The highest BCUT2D eigenvalue weighted by Gasteiger charge is 2.28. The highest BCUT2D eigenvalue weighted by molar-refractivity contribution is 5.39. The molecule has 1 aliphatic rings. The van der Waals surface area contributed by atoms with Gasteiger partial charge in [-0.1, -0.05) is 19.3 Å². The lowest BCUT2D eigenvalue weighted by Crippen LogP contribution is -2.22. The molecule has 1 heterocycles. The molecule has 1 N–H and O–H groups in total. The first-order valence-corrected chi connectivity index (χ1v) is 5.89. The molecular formula is C11H16F3N3. The molecule has 1 saturated carbocycles. The van der Waals surface area contributed by atoms with Crippen molar-refractivity contribution in [3.63, 3.8) is 0 Å². The second kappa shape index (κ2) is 4.98. The third kappa shape index (κ3) is 3.94. The molecule has 0 spiro atoms. The highest BCUT2D eigenvalue weighted by Crippen LogP contribution is 2.22. The van der Waals surface area contributed by atoms with Crippen LogP contribution >= 0.6 is 0 Å². The summed E-state index contributed by atoms with van der Waals surface area (Å²) < 4.78 is 37.3. The number of rotatable bonds is 3. The molecule has 1 aliphatic carbocycles. The number of anilines is 1. The summed E-state index contributed by atoms with van der Waals surface area (Å²) in [4.78, 5) is 0. The van der Waals surface area contributed by atoms with Gasteiger partial charge in [-0.25, -0.2) is 0 Å². The van der Waals surface area contributed by atoms with Crippen LogP contribution in [0.4, 0.5) is 18.9 Å². The minimum Gasteiger partial charge on any atom is -0.380 e. The number of alkyl halides is 3. The van der Waals surface area contributed by atoms with Gasteiger partial charge in [0.1, 0.15) is 6.54 Å². The van der Waals surface area contributed by atoms with E-state index in [1.165, 1.54) is 31.7 Å². The molecule has 1 fully saturated rings. The Morgan fingerprint density at radius 2 is 2.00 bits per heavy atom. The smallest absolute Gasteiger partial charge is 0.380 e. The fourth-order valence-electron chi connectivity index (χ4n) is 2.19. The Balaban J connectivity index is 1.89. The zero-order chi connectivity index (χ0) is 12.3. The van der Waals surface area contributed by atoms with Crippen molar-refractivity contribution in [3.05, 3.63) is 12.4 Å². The molecule has 0 unspecified atom stereocenters. The van der Waals surface area contributed by atoms with E-state index in [0.717, 1.165) is 17.5 Å². The molecule has 0 bridgehead atoms. The van der Waals surface area contributed by atoms with Crippen LogP contribution in [-0.2, 0) is 6.54 Å². The molecule has 1 aromatic heterocycles. The van der Waals surface area contributed by atoms with Gasteiger partial charge in [0, 0.05) is 12.2 Å². The quantitative estimate of drug-likeness (QED) is 0.889. The lowest BCUT2D eigenvalue weighted by Gasteiger charge is -2.22. The van der Waals surface area contributed by atoms with Crippen molar-refractivity contribution in [1.82, 2.24) is 9.78 Å². The summed E-state index contributed by atoms with van der Waals surface area (Å²) in [6, 6.07) is 0.382. The van der Waals surface area contributed by atoms with Crippen LogP contribution in [0.1, 0.15) is 32.1 Å². The van der Waals surface area contributed by atoms with Crippen molar-refractivity contribution in [3.8, 4) is 0 Å². The van der Waals surface area contributed by atoms with Gasteiger partial charge in [0.15, 0.2) is 0 Å². The molecule has 0 radical (unpaired) electrons. The molecule has 6 heteroatoms. The fraction of sp³-hybridized carbons (Fsp3) is 0.727. The molecule has 0 aliphatic heterocycles. The van der Waals surface area contributed by atoms with E-state index < -0.39 is 12.7 Å². The van der Waals surface area contributed by atoms with Crippen LogP contribution in [0, 0.1) is 0 Å². The van der Waals surface area contributed by atoms with E-state index >= 15 is 0 Å². The molecule has 17 heavy (non-hydrogen) atoms. The van der Waals surface area contributed by atoms with Gasteiger partial charge in [-0.3, -0.25) is 4.68 Å². The van der Waals surface area contributed by atoms with Crippen molar-refractivity contribution in [2.75, 3.05) is 5.32 Å². The largest absolute Gasteiger partial charge is 0.408 e. The summed E-state index contributed by atoms with van der Waals surface area (Å²) in [7, 11) is 0. The number of nitrogens with one attached hydrogen (secondary N) is 1. The van der Waals surface area contributed by atoms with Crippen molar-refractivity contribution >= 4 is 5.69 Å². The molecule has 0 amide bonds. The molecule has 1 aromatic rings. The summed E-state index contributed by atoms with van der Waals surface area (Å²) in [6.45, 7) is -1.03.